The molecule has 0 spiro atoms. The van der Waals surface area contributed by atoms with Crippen molar-refractivity contribution in [2.24, 2.45) is 5.92 Å². The second-order valence-electron chi connectivity index (χ2n) is 7.73. The third-order valence-electron chi connectivity index (χ3n) is 5.99. The smallest absolute Gasteiger partial charge is 0.156 e. The third-order valence-corrected chi connectivity index (χ3v) is 8.22. The zero-order valence-corrected chi connectivity index (χ0v) is 16.4. The average Bonchev–Trinajstić information content (AvgIpc) is 3.14. The maximum absolute atomic E-state index is 12.6. The van der Waals surface area contributed by atoms with Crippen LogP contribution in [-0.4, -0.2) is 69.6 Å². The Kier molecular flexibility index (Phi) is 4.45. The van der Waals surface area contributed by atoms with Gasteiger partial charge in [0.1, 0.15) is 5.75 Å². The molecule has 4 rings (SSSR count). The Labute approximate surface area is 155 Å². The molecule has 0 unspecified atom stereocenters. The summed E-state index contributed by atoms with van der Waals surface area (Å²) in [5.74, 6) is 1.38. The maximum atomic E-state index is 12.6. The summed E-state index contributed by atoms with van der Waals surface area (Å²) >= 11 is 0. The monoisotopic (exact) mass is 374 g/mol. The van der Waals surface area contributed by atoms with Crippen molar-refractivity contribution in [3.63, 3.8) is 0 Å². The molecule has 2 aromatic carbocycles. The van der Waals surface area contributed by atoms with Crippen LogP contribution in [0.3, 0.4) is 0 Å². The van der Waals surface area contributed by atoms with Gasteiger partial charge in [-0.25, -0.2) is 8.42 Å². The van der Waals surface area contributed by atoms with Crippen molar-refractivity contribution in [2.75, 3.05) is 40.0 Å². The second kappa shape index (κ2) is 6.51. The van der Waals surface area contributed by atoms with Crippen LogP contribution in [-0.2, 0) is 16.4 Å². The standard InChI is InChI=1S/C20H26N2O3S/c1-21(2)18-13-26(23,24)20-12-22(11-17(18)20)10-14-8-9-19(25-3)16-7-5-4-6-15(14)16/h4-9,17-18,20H,10-13H2,1-3H3/t17-,18+,20-/m0/s1. The van der Waals surface area contributed by atoms with Gasteiger partial charge >= 0.3 is 0 Å². The van der Waals surface area contributed by atoms with Gasteiger partial charge in [-0.15, -0.1) is 0 Å². The Hall–Kier alpha value is -1.63. The van der Waals surface area contributed by atoms with Gasteiger partial charge in [0, 0.05) is 37.0 Å². The molecule has 0 aliphatic carbocycles. The first-order valence-electron chi connectivity index (χ1n) is 9.05. The summed E-state index contributed by atoms with van der Waals surface area (Å²) in [6.45, 7) is 2.25. The van der Waals surface area contributed by atoms with E-state index in [1.54, 1.807) is 7.11 Å². The number of nitrogens with zero attached hydrogens (tertiary/aromatic N) is 2. The van der Waals surface area contributed by atoms with E-state index < -0.39 is 9.84 Å². The highest BCUT2D eigenvalue weighted by Gasteiger charge is 2.52. The number of fused-ring (bicyclic) bond motifs is 2. The van der Waals surface area contributed by atoms with Crippen molar-refractivity contribution in [3.05, 3.63) is 42.0 Å². The van der Waals surface area contributed by atoms with Crippen LogP contribution in [0.4, 0.5) is 0 Å². The van der Waals surface area contributed by atoms with Crippen molar-refractivity contribution in [2.45, 2.75) is 17.8 Å². The number of rotatable bonds is 4. The third kappa shape index (κ3) is 2.90. The molecule has 0 amide bonds. The van der Waals surface area contributed by atoms with Crippen LogP contribution < -0.4 is 4.74 Å². The highest BCUT2D eigenvalue weighted by Crippen LogP contribution is 2.37. The Balaban J connectivity index is 1.61. The van der Waals surface area contributed by atoms with Crippen LogP contribution in [0.15, 0.2) is 36.4 Å². The molecule has 0 N–H and O–H groups in total. The SMILES string of the molecule is COc1ccc(CN2C[C@H]3[C@H](N(C)C)CS(=O)(=O)[C@H]3C2)c2ccccc12. The average molecular weight is 375 g/mol. The van der Waals surface area contributed by atoms with Gasteiger partial charge in [-0.1, -0.05) is 30.3 Å². The van der Waals surface area contributed by atoms with E-state index in [1.165, 1.54) is 10.9 Å². The molecule has 6 heteroatoms. The molecule has 2 aromatic rings. The van der Waals surface area contributed by atoms with Crippen LogP contribution in [0.5, 0.6) is 5.75 Å². The van der Waals surface area contributed by atoms with Crippen molar-refractivity contribution < 1.29 is 13.2 Å². The number of likely N-dealkylation sites (tertiary alicyclic amines) is 1. The second-order valence-corrected chi connectivity index (χ2v) is 9.99. The van der Waals surface area contributed by atoms with Gasteiger partial charge in [0.25, 0.3) is 0 Å². The van der Waals surface area contributed by atoms with Gasteiger partial charge in [0.15, 0.2) is 9.84 Å². The lowest BCUT2D eigenvalue weighted by Gasteiger charge is -2.25. The highest BCUT2D eigenvalue weighted by molar-refractivity contribution is 7.92. The molecule has 3 atom stereocenters. The Bertz CT molecular complexity index is 926. The molecular weight excluding hydrogens is 348 g/mol. The molecule has 2 fully saturated rings. The first kappa shape index (κ1) is 17.8. The number of methoxy groups -OCH3 is 1. The van der Waals surface area contributed by atoms with Gasteiger partial charge in [-0.3, -0.25) is 4.90 Å². The molecule has 5 nitrogen and oxygen atoms in total. The largest absolute Gasteiger partial charge is 0.496 e. The highest BCUT2D eigenvalue weighted by atomic mass is 32.2. The first-order chi connectivity index (χ1) is 12.4. The fourth-order valence-electron chi connectivity index (χ4n) is 4.67. The zero-order chi connectivity index (χ0) is 18.5. The topological polar surface area (TPSA) is 49.9 Å². The van der Waals surface area contributed by atoms with Crippen molar-refractivity contribution >= 4 is 20.6 Å². The van der Waals surface area contributed by atoms with E-state index in [4.69, 9.17) is 4.74 Å². The van der Waals surface area contributed by atoms with Gasteiger partial charge in [0.05, 0.1) is 18.1 Å². The minimum Gasteiger partial charge on any atom is -0.496 e. The maximum Gasteiger partial charge on any atom is 0.156 e. The van der Waals surface area contributed by atoms with E-state index in [1.807, 2.05) is 32.3 Å². The summed E-state index contributed by atoms with van der Waals surface area (Å²) in [6, 6.07) is 12.5. The van der Waals surface area contributed by atoms with Crippen molar-refractivity contribution in [1.29, 1.82) is 0 Å². The summed E-state index contributed by atoms with van der Waals surface area (Å²) in [4.78, 5) is 4.38. The van der Waals surface area contributed by atoms with E-state index in [2.05, 4.69) is 28.0 Å². The summed E-state index contributed by atoms with van der Waals surface area (Å²) in [5.41, 5.74) is 1.22. The van der Waals surface area contributed by atoms with Crippen LogP contribution in [0.2, 0.25) is 0 Å². The minimum absolute atomic E-state index is 0.127. The number of sulfone groups is 1. The molecule has 140 valence electrons. The normalized spacial score (nSPS) is 27.9. The van der Waals surface area contributed by atoms with E-state index in [-0.39, 0.29) is 17.2 Å². The molecule has 0 radical (unpaired) electrons. The molecule has 26 heavy (non-hydrogen) atoms. The number of benzene rings is 2. The molecule has 0 saturated carbocycles. The van der Waals surface area contributed by atoms with E-state index >= 15 is 0 Å². The van der Waals surface area contributed by atoms with Gasteiger partial charge in [-0.2, -0.15) is 0 Å². The fourth-order valence-corrected chi connectivity index (χ4v) is 7.17. The number of ether oxygens (including phenoxy) is 1. The Morgan fingerprint density at radius 3 is 2.54 bits per heavy atom. The minimum atomic E-state index is -3.00. The summed E-state index contributed by atoms with van der Waals surface area (Å²) in [7, 11) is 2.67. The summed E-state index contributed by atoms with van der Waals surface area (Å²) < 4.78 is 30.6. The summed E-state index contributed by atoms with van der Waals surface area (Å²) in [6.07, 6.45) is 0. The van der Waals surface area contributed by atoms with Crippen LogP contribution in [0, 0.1) is 5.92 Å². The molecule has 2 aliphatic rings. The Morgan fingerprint density at radius 1 is 1.12 bits per heavy atom. The molecule has 2 aliphatic heterocycles. The molecule has 0 bridgehead atoms. The van der Waals surface area contributed by atoms with Gasteiger partial charge in [-0.05, 0) is 31.1 Å². The van der Waals surface area contributed by atoms with E-state index in [0.717, 1.165) is 24.2 Å². The van der Waals surface area contributed by atoms with Crippen molar-refractivity contribution in [1.82, 2.24) is 9.80 Å². The molecule has 2 saturated heterocycles. The molecule has 2 heterocycles. The van der Waals surface area contributed by atoms with Gasteiger partial charge in [0.2, 0.25) is 0 Å². The number of hydrogen-bond donors (Lipinski definition) is 0. The fraction of sp³-hybridized carbons (Fsp3) is 0.500. The van der Waals surface area contributed by atoms with E-state index in [0.29, 0.717) is 12.3 Å². The quantitative estimate of drug-likeness (QED) is 0.819. The van der Waals surface area contributed by atoms with E-state index in [9.17, 15) is 8.42 Å². The van der Waals surface area contributed by atoms with Crippen LogP contribution in [0.1, 0.15) is 5.56 Å². The zero-order valence-electron chi connectivity index (χ0n) is 15.6. The Morgan fingerprint density at radius 2 is 1.85 bits per heavy atom. The lowest BCUT2D eigenvalue weighted by atomic mass is 10.00. The summed E-state index contributed by atoms with van der Waals surface area (Å²) in [5, 5.41) is 2.06. The lowest BCUT2D eigenvalue weighted by Crippen LogP contribution is -2.37. The predicted octanol–water partition coefficient (Wildman–Crippen LogP) is 2.01. The predicted molar refractivity (Wildman–Crippen MR) is 104 cm³/mol. The van der Waals surface area contributed by atoms with Gasteiger partial charge < -0.3 is 9.64 Å². The molecular formula is C20H26N2O3S. The first-order valence-corrected chi connectivity index (χ1v) is 10.8. The molecule has 0 aromatic heterocycles. The lowest BCUT2D eigenvalue weighted by molar-refractivity contribution is 0.230. The van der Waals surface area contributed by atoms with Crippen LogP contribution in [0.25, 0.3) is 10.8 Å². The van der Waals surface area contributed by atoms with Crippen LogP contribution >= 0.6 is 0 Å². The number of hydrogen-bond acceptors (Lipinski definition) is 5. The van der Waals surface area contributed by atoms with Crippen molar-refractivity contribution in [3.8, 4) is 5.75 Å².